The molecule has 0 spiro atoms. The zero-order chi connectivity index (χ0) is 22.8. The number of carbonyl (C=O) groups is 2. The number of unbranched alkanes of at least 4 members (excludes halogenated alkanes) is 3. The molecule has 3 rings (SSSR count). The largest absolute Gasteiger partial charge is 0.377 e. The second-order valence-electron chi connectivity index (χ2n) is 8.16. The lowest BCUT2D eigenvalue weighted by molar-refractivity contribution is -0.129. The van der Waals surface area contributed by atoms with Crippen molar-refractivity contribution in [2.45, 2.75) is 57.0 Å². The molecule has 0 aliphatic carbocycles. The number of halogens is 1. The van der Waals surface area contributed by atoms with Crippen molar-refractivity contribution in [3.05, 3.63) is 71.0 Å². The Morgan fingerprint density at radius 3 is 2.28 bits per heavy atom. The first kappa shape index (κ1) is 23.9. The van der Waals surface area contributed by atoms with Crippen LogP contribution in [0.5, 0.6) is 0 Å². The molecule has 172 valence electrons. The molecule has 32 heavy (non-hydrogen) atoms. The number of benzene rings is 2. The number of ether oxygens (including phenoxy) is 1. The highest BCUT2D eigenvalue weighted by Gasteiger charge is 2.29. The molecule has 3 N–H and O–H groups in total. The van der Waals surface area contributed by atoms with Crippen LogP contribution in [0.2, 0.25) is 0 Å². The fourth-order valence-corrected chi connectivity index (χ4v) is 4.12. The van der Waals surface area contributed by atoms with Crippen LogP contribution >= 0.6 is 0 Å². The summed E-state index contributed by atoms with van der Waals surface area (Å²) in [5.74, 6) is -0.750. The molecular formula is C25H31FN2O4. The van der Waals surface area contributed by atoms with Crippen LogP contribution in [0.3, 0.4) is 0 Å². The zero-order valence-electron chi connectivity index (χ0n) is 18.2. The Kier molecular flexibility index (Phi) is 9.19. The van der Waals surface area contributed by atoms with Gasteiger partial charge in [-0.1, -0.05) is 37.1 Å². The summed E-state index contributed by atoms with van der Waals surface area (Å²) in [6.07, 6.45) is 5.62. The fraction of sp³-hybridized carbons (Fsp3) is 0.440. The molecule has 1 saturated heterocycles. The van der Waals surface area contributed by atoms with Gasteiger partial charge in [-0.2, -0.15) is 0 Å². The van der Waals surface area contributed by atoms with Gasteiger partial charge in [0.15, 0.2) is 0 Å². The van der Waals surface area contributed by atoms with Crippen molar-refractivity contribution in [3.8, 4) is 0 Å². The van der Waals surface area contributed by atoms with Crippen LogP contribution in [-0.4, -0.2) is 36.3 Å². The molecule has 6 nitrogen and oxygen atoms in total. The first-order chi connectivity index (χ1) is 15.6. The molecule has 0 bridgehead atoms. The summed E-state index contributed by atoms with van der Waals surface area (Å²) < 4.78 is 19.3. The number of carbonyl (C=O) groups excluding carboxylic acids is 2. The van der Waals surface area contributed by atoms with E-state index in [9.17, 15) is 14.0 Å². The second-order valence-corrected chi connectivity index (χ2v) is 8.16. The van der Waals surface area contributed by atoms with Gasteiger partial charge in [0.2, 0.25) is 5.91 Å². The highest BCUT2D eigenvalue weighted by atomic mass is 19.1. The molecule has 2 unspecified atom stereocenters. The van der Waals surface area contributed by atoms with Gasteiger partial charge in [0.25, 0.3) is 5.91 Å². The van der Waals surface area contributed by atoms with E-state index in [1.54, 1.807) is 17.6 Å². The zero-order valence-corrected chi connectivity index (χ0v) is 18.2. The van der Waals surface area contributed by atoms with E-state index < -0.39 is 0 Å². The van der Waals surface area contributed by atoms with Crippen molar-refractivity contribution in [2.75, 3.05) is 13.2 Å². The van der Waals surface area contributed by atoms with Crippen molar-refractivity contribution in [2.24, 2.45) is 0 Å². The molecule has 0 radical (unpaired) electrons. The summed E-state index contributed by atoms with van der Waals surface area (Å²) in [7, 11) is 0. The number of hydrogen-bond donors (Lipinski definition) is 3. The Labute approximate surface area is 188 Å². The van der Waals surface area contributed by atoms with Gasteiger partial charge in [0.1, 0.15) is 5.82 Å². The minimum atomic E-state index is -0.372. The third kappa shape index (κ3) is 6.87. The normalized spacial score (nSPS) is 16.5. The van der Waals surface area contributed by atoms with Crippen LogP contribution in [0.15, 0.2) is 48.5 Å². The van der Waals surface area contributed by atoms with Crippen LogP contribution in [-0.2, 0) is 9.53 Å². The maximum atomic E-state index is 13.4. The summed E-state index contributed by atoms with van der Waals surface area (Å²) in [4.78, 5) is 23.4. The Morgan fingerprint density at radius 1 is 1.00 bits per heavy atom. The van der Waals surface area contributed by atoms with Gasteiger partial charge in [0.05, 0.1) is 6.10 Å². The number of nitrogens with one attached hydrogen (secondary N) is 2. The van der Waals surface area contributed by atoms with Crippen LogP contribution in [0, 0.1) is 5.82 Å². The van der Waals surface area contributed by atoms with Gasteiger partial charge in [-0.15, -0.1) is 0 Å². The lowest BCUT2D eigenvalue weighted by Crippen LogP contribution is -2.24. The fourth-order valence-electron chi connectivity index (χ4n) is 4.12. The highest BCUT2D eigenvalue weighted by Crippen LogP contribution is 2.35. The lowest BCUT2D eigenvalue weighted by atomic mass is 9.85. The molecular weight excluding hydrogens is 411 g/mol. The Balaban J connectivity index is 1.52. The first-order valence-corrected chi connectivity index (χ1v) is 11.3. The van der Waals surface area contributed by atoms with Crippen molar-refractivity contribution < 1.29 is 23.9 Å². The molecule has 0 aromatic heterocycles. The number of amides is 2. The van der Waals surface area contributed by atoms with E-state index >= 15 is 0 Å². The summed E-state index contributed by atoms with van der Waals surface area (Å²) in [6.45, 7) is 1.30. The Hall–Kier alpha value is -2.77. The van der Waals surface area contributed by atoms with Gasteiger partial charge in [-0.25, -0.2) is 9.87 Å². The minimum absolute atomic E-state index is 0.00289. The maximum Gasteiger partial charge on any atom is 0.251 e. The van der Waals surface area contributed by atoms with Crippen LogP contribution in [0.25, 0.3) is 0 Å². The molecule has 1 heterocycles. The second kappa shape index (κ2) is 12.3. The quantitative estimate of drug-likeness (QED) is 0.275. The van der Waals surface area contributed by atoms with Gasteiger partial charge in [-0.05, 0) is 61.1 Å². The molecule has 2 amide bonds. The molecule has 1 aliphatic rings. The summed E-state index contributed by atoms with van der Waals surface area (Å²) in [6, 6.07) is 14.1. The van der Waals surface area contributed by atoms with Crippen LogP contribution < -0.4 is 10.8 Å². The lowest BCUT2D eigenvalue weighted by Gasteiger charge is -2.24. The van der Waals surface area contributed by atoms with Crippen molar-refractivity contribution in [1.29, 1.82) is 0 Å². The molecule has 2 atom stereocenters. The summed E-state index contributed by atoms with van der Waals surface area (Å²) in [5.41, 5.74) is 4.27. The molecule has 1 fully saturated rings. The van der Waals surface area contributed by atoms with Gasteiger partial charge in [0, 0.05) is 31.1 Å². The third-order valence-corrected chi connectivity index (χ3v) is 5.84. The minimum Gasteiger partial charge on any atom is -0.377 e. The standard InChI is InChI=1S/C25H31FN2O4/c26-21-14-12-19(13-15-21)24(22-6-5-17-32-22)18-8-10-20(11-9-18)25(30)27-16-4-2-1-3-7-23(29)28-31/h8-15,22,24,31H,1-7,16-17H2,(H,27,30)(H,28,29). The van der Waals surface area contributed by atoms with Crippen LogP contribution in [0.4, 0.5) is 4.39 Å². The monoisotopic (exact) mass is 442 g/mol. The van der Waals surface area contributed by atoms with E-state index in [4.69, 9.17) is 9.94 Å². The van der Waals surface area contributed by atoms with Crippen molar-refractivity contribution in [1.82, 2.24) is 10.8 Å². The summed E-state index contributed by atoms with van der Waals surface area (Å²) in [5, 5.41) is 11.4. The van der Waals surface area contributed by atoms with E-state index in [1.807, 2.05) is 24.3 Å². The SMILES string of the molecule is O=C(CCCCCCNC(=O)c1ccc(C(c2ccc(F)cc2)C2CCCO2)cc1)NO. The smallest absolute Gasteiger partial charge is 0.251 e. The van der Waals surface area contributed by atoms with E-state index in [0.29, 0.717) is 24.9 Å². The van der Waals surface area contributed by atoms with Gasteiger partial charge < -0.3 is 10.1 Å². The third-order valence-electron chi connectivity index (χ3n) is 5.84. The predicted molar refractivity (Wildman–Crippen MR) is 119 cm³/mol. The highest BCUT2D eigenvalue weighted by molar-refractivity contribution is 5.94. The molecule has 2 aromatic carbocycles. The van der Waals surface area contributed by atoms with Gasteiger partial charge >= 0.3 is 0 Å². The first-order valence-electron chi connectivity index (χ1n) is 11.3. The number of rotatable bonds is 11. The average molecular weight is 443 g/mol. The van der Waals surface area contributed by atoms with E-state index in [0.717, 1.165) is 49.8 Å². The molecule has 1 aliphatic heterocycles. The van der Waals surface area contributed by atoms with Crippen molar-refractivity contribution >= 4 is 11.8 Å². The molecule has 0 saturated carbocycles. The van der Waals surface area contributed by atoms with E-state index in [2.05, 4.69) is 5.32 Å². The topological polar surface area (TPSA) is 87.7 Å². The summed E-state index contributed by atoms with van der Waals surface area (Å²) >= 11 is 0. The molecule has 7 heteroatoms. The van der Waals surface area contributed by atoms with E-state index in [-0.39, 0.29) is 29.7 Å². The Morgan fingerprint density at radius 2 is 1.66 bits per heavy atom. The predicted octanol–water partition coefficient (Wildman–Crippen LogP) is 4.32. The molecule has 2 aromatic rings. The van der Waals surface area contributed by atoms with E-state index in [1.165, 1.54) is 12.1 Å². The van der Waals surface area contributed by atoms with Crippen molar-refractivity contribution in [3.63, 3.8) is 0 Å². The maximum absolute atomic E-state index is 13.4. The van der Waals surface area contributed by atoms with Crippen LogP contribution in [0.1, 0.15) is 72.3 Å². The Bertz CT molecular complexity index is 865. The number of hydroxylamine groups is 1. The number of hydrogen-bond acceptors (Lipinski definition) is 4. The average Bonchev–Trinajstić information content (AvgIpc) is 3.34. The van der Waals surface area contributed by atoms with Gasteiger partial charge in [-0.3, -0.25) is 14.8 Å².